The highest BCUT2D eigenvalue weighted by Crippen LogP contribution is 2.41. The van der Waals surface area contributed by atoms with Crippen LogP contribution in [0.15, 0.2) is 218 Å². The van der Waals surface area contributed by atoms with Crippen LogP contribution < -0.4 is 4.90 Å². The largest absolute Gasteiger partial charge is 0.311 e. The molecule has 2 heteroatoms. The Hall–Kier alpha value is -7.16. The minimum atomic E-state index is 1.09. The van der Waals surface area contributed by atoms with Gasteiger partial charge >= 0.3 is 0 Å². The van der Waals surface area contributed by atoms with Gasteiger partial charge in [0.1, 0.15) is 0 Å². The van der Waals surface area contributed by atoms with E-state index >= 15 is 0 Å². The molecule has 10 aromatic rings. The third-order valence-electron chi connectivity index (χ3n) is 10.6. The van der Waals surface area contributed by atoms with E-state index in [4.69, 9.17) is 0 Å². The molecule has 0 atom stereocenters. The summed E-state index contributed by atoms with van der Waals surface area (Å²) in [6, 6.07) is 78.8. The predicted octanol–water partition coefficient (Wildman–Crippen LogP) is 14.4. The Morgan fingerprint density at radius 3 is 1.24 bits per heavy atom. The van der Waals surface area contributed by atoms with Crippen LogP contribution in [0.4, 0.5) is 17.1 Å². The zero-order valence-electron chi connectivity index (χ0n) is 29.7. The topological polar surface area (TPSA) is 8.17 Å². The Labute approximate surface area is 315 Å². The van der Waals surface area contributed by atoms with Crippen molar-refractivity contribution in [2.75, 3.05) is 4.90 Å². The Bertz CT molecular complexity index is 2830. The predicted molar refractivity (Wildman–Crippen MR) is 229 cm³/mol. The van der Waals surface area contributed by atoms with Gasteiger partial charge in [0.05, 0.1) is 11.0 Å². The fraction of sp³-hybridized carbons (Fsp3) is 0. The molecule has 2 nitrogen and oxygen atoms in total. The van der Waals surface area contributed by atoms with Crippen LogP contribution in [0.3, 0.4) is 0 Å². The molecule has 1 heterocycles. The van der Waals surface area contributed by atoms with E-state index in [-0.39, 0.29) is 0 Å². The fourth-order valence-electron chi connectivity index (χ4n) is 8.06. The van der Waals surface area contributed by atoms with Crippen molar-refractivity contribution in [1.82, 2.24) is 4.57 Å². The van der Waals surface area contributed by atoms with Gasteiger partial charge in [0.25, 0.3) is 0 Å². The monoisotopic (exact) mass is 688 g/mol. The normalized spacial score (nSPS) is 11.3. The fourth-order valence-corrected chi connectivity index (χ4v) is 8.06. The number of rotatable bonds is 7. The lowest BCUT2D eigenvalue weighted by atomic mass is 9.91. The van der Waals surface area contributed by atoms with Crippen LogP contribution in [-0.4, -0.2) is 4.57 Å². The molecule has 0 radical (unpaired) electrons. The van der Waals surface area contributed by atoms with Gasteiger partial charge in [0, 0.05) is 33.5 Å². The maximum absolute atomic E-state index is 2.37. The molecule has 0 spiro atoms. The molecule has 0 bridgehead atoms. The van der Waals surface area contributed by atoms with Crippen LogP contribution in [0.1, 0.15) is 0 Å². The average Bonchev–Trinajstić information content (AvgIpc) is 3.59. The van der Waals surface area contributed by atoms with Crippen LogP contribution in [0.2, 0.25) is 0 Å². The maximum atomic E-state index is 2.37. The van der Waals surface area contributed by atoms with Crippen LogP contribution >= 0.6 is 0 Å². The number of para-hydroxylation sites is 2. The smallest absolute Gasteiger partial charge is 0.0541 e. The summed E-state index contributed by atoms with van der Waals surface area (Å²) in [4.78, 5) is 2.35. The molecule has 0 fully saturated rings. The molecule has 0 aliphatic rings. The first-order chi connectivity index (χ1) is 26.8. The summed E-state index contributed by atoms with van der Waals surface area (Å²) in [5, 5.41) is 5.04. The van der Waals surface area contributed by atoms with Crippen LogP contribution in [0, 0.1) is 0 Å². The second-order valence-corrected chi connectivity index (χ2v) is 13.8. The summed E-state index contributed by atoms with van der Waals surface area (Å²) in [5.74, 6) is 0. The zero-order valence-corrected chi connectivity index (χ0v) is 29.7. The van der Waals surface area contributed by atoms with Crippen molar-refractivity contribution in [2.45, 2.75) is 0 Å². The van der Waals surface area contributed by atoms with Gasteiger partial charge in [-0.05, 0) is 105 Å². The minimum absolute atomic E-state index is 1.09. The number of hydrogen-bond acceptors (Lipinski definition) is 1. The molecular weight excluding hydrogens is 653 g/mol. The van der Waals surface area contributed by atoms with Gasteiger partial charge in [0.15, 0.2) is 0 Å². The van der Waals surface area contributed by atoms with Crippen molar-refractivity contribution in [3.63, 3.8) is 0 Å². The molecule has 54 heavy (non-hydrogen) atoms. The Morgan fingerprint density at radius 1 is 0.296 bits per heavy atom. The first kappa shape index (κ1) is 31.6. The van der Waals surface area contributed by atoms with Gasteiger partial charge < -0.3 is 9.47 Å². The number of benzene rings is 9. The van der Waals surface area contributed by atoms with E-state index in [0.29, 0.717) is 0 Å². The van der Waals surface area contributed by atoms with Gasteiger partial charge in [-0.3, -0.25) is 0 Å². The maximum Gasteiger partial charge on any atom is 0.0541 e. The second-order valence-electron chi connectivity index (χ2n) is 13.8. The number of hydrogen-bond donors (Lipinski definition) is 0. The molecule has 0 aliphatic carbocycles. The van der Waals surface area contributed by atoms with Crippen molar-refractivity contribution >= 4 is 49.6 Å². The summed E-state index contributed by atoms with van der Waals surface area (Å²) >= 11 is 0. The highest BCUT2D eigenvalue weighted by atomic mass is 15.1. The summed E-state index contributed by atoms with van der Waals surface area (Å²) in [6.45, 7) is 0. The molecule has 9 aromatic carbocycles. The van der Waals surface area contributed by atoms with E-state index in [1.54, 1.807) is 0 Å². The second kappa shape index (κ2) is 13.4. The number of nitrogens with zero attached hydrogens (tertiary/aromatic N) is 2. The van der Waals surface area contributed by atoms with Gasteiger partial charge in [-0.1, -0.05) is 158 Å². The molecule has 0 amide bonds. The van der Waals surface area contributed by atoms with E-state index in [2.05, 4.69) is 228 Å². The SMILES string of the molecule is c1ccc(-c2ccc(N(c3ccc(-c4cccc5cccc(-c6ccccc6)c45)cc3)c3ccc(-n4c5ccccc5c5ccccc54)cc3)cc2)cc1. The number of anilines is 3. The molecule has 0 N–H and O–H groups in total. The van der Waals surface area contributed by atoms with E-state index in [0.717, 1.165) is 22.7 Å². The first-order valence-corrected chi connectivity index (χ1v) is 18.5. The van der Waals surface area contributed by atoms with Crippen LogP contribution in [0.25, 0.3) is 71.6 Å². The van der Waals surface area contributed by atoms with Gasteiger partial charge in [-0.25, -0.2) is 0 Å². The Balaban J connectivity index is 1.08. The number of aromatic nitrogens is 1. The molecule has 254 valence electrons. The molecule has 1 aromatic heterocycles. The van der Waals surface area contributed by atoms with Crippen molar-refractivity contribution in [2.24, 2.45) is 0 Å². The highest BCUT2D eigenvalue weighted by molar-refractivity contribution is 6.09. The van der Waals surface area contributed by atoms with E-state index < -0.39 is 0 Å². The van der Waals surface area contributed by atoms with Crippen LogP contribution in [0.5, 0.6) is 0 Å². The summed E-state index contributed by atoms with van der Waals surface area (Å²) < 4.78 is 2.37. The summed E-state index contributed by atoms with van der Waals surface area (Å²) in [5.41, 5.74) is 14.1. The molecule has 0 aliphatic heterocycles. The van der Waals surface area contributed by atoms with Gasteiger partial charge in [-0.15, -0.1) is 0 Å². The van der Waals surface area contributed by atoms with Crippen molar-refractivity contribution < 1.29 is 0 Å². The van der Waals surface area contributed by atoms with Crippen LogP contribution in [-0.2, 0) is 0 Å². The van der Waals surface area contributed by atoms with Crippen molar-refractivity contribution in [3.05, 3.63) is 218 Å². The molecule has 0 unspecified atom stereocenters. The third kappa shape index (κ3) is 5.53. The van der Waals surface area contributed by atoms with Gasteiger partial charge in [0.2, 0.25) is 0 Å². The Kier molecular flexibility index (Phi) is 7.85. The highest BCUT2D eigenvalue weighted by Gasteiger charge is 2.17. The third-order valence-corrected chi connectivity index (χ3v) is 10.6. The van der Waals surface area contributed by atoms with E-state index in [9.17, 15) is 0 Å². The van der Waals surface area contributed by atoms with E-state index in [1.165, 1.54) is 66.0 Å². The molecular formula is C52H36N2. The Morgan fingerprint density at radius 2 is 0.704 bits per heavy atom. The van der Waals surface area contributed by atoms with Crippen molar-refractivity contribution in [3.8, 4) is 39.1 Å². The standard InChI is InChI=1S/C52H36N2/c1-3-13-37(14-4-1)38-25-29-42(30-26-38)53(44-33-35-45(36-34-44)54-50-23-9-7-19-48(50)49-20-8-10-24-51(49)54)43-31-27-40(28-32-43)47-22-12-18-41-17-11-21-46(52(41)47)39-15-5-2-6-16-39/h1-36H. The van der Waals surface area contributed by atoms with Crippen molar-refractivity contribution in [1.29, 1.82) is 0 Å². The lowest BCUT2D eigenvalue weighted by Gasteiger charge is -2.26. The molecule has 0 saturated heterocycles. The summed E-state index contributed by atoms with van der Waals surface area (Å²) in [7, 11) is 0. The number of fused-ring (bicyclic) bond motifs is 4. The molecule has 0 saturated carbocycles. The lowest BCUT2D eigenvalue weighted by Crippen LogP contribution is -2.10. The lowest BCUT2D eigenvalue weighted by molar-refractivity contribution is 1.17. The van der Waals surface area contributed by atoms with Gasteiger partial charge in [-0.2, -0.15) is 0 Å². The average molecular weight is 689 g/mol. The zero-order chi connectivity index (χ0) is 35.8. The quantitative estimate of drug-likeness (QED) is 0.162. The summed E-state index contributed by atoms with van der Waals surface area (Å²) in [6.07, 6.45) is 0. The molecule has 10 rings (SSSR count). The first-order valence-electron chi connectivity index (χ1n) is 18.5. The minimum Gasteiger partial charge on any atom is -0.311 e. The van der Waals surface area contributed by atoms with E-state index in [1.807, 2.05) is 0 Å².